The molecule has 1 unspecified atom stereocenters. The zero-order chi connectivity index (χ0) is 22.1. The number of carboxylic acids is 1. The Hall–Kier alpha value is -2.62. The van der Waals surface area contributed by atoms with Crippen LogP contribution in [0.15, 0.2) is 12.3 Å². The minimum atomic E-state index is -2.81. The third kappa shape index (κ3) is 4.39. The first-order valence-electron chi connectivity index (χ1n) is 10.4. The van der Waals surface area contributed by atoms with Gasteiger partial charge in [-0.1, -0.05) is 12.8 Å². The number of hydrogen-bond donors (Lipinski definition) is 2. The van der Waals surface area contributed by atoms with Crippen LogP contribution in [0.1, 0.15) is 77.7 Å². The largest absolute Gasteiger partial charge is 0.476 e. The van der Waals surface area contributed by atoms with Gasteiger partial charge in [0.25, 0.3) is 12.3 Å². The van der Waals surface area contributed by atoms with Crippen molar-refractivity contribution in [2.75, 3.05) is 11.9 Å². The number of aromatic nitrogens is 2. The minimum Gasteiger partial charge on any atom is -0.476 e. The van der Waals surface area contributed by atoms with Crippen LogP contribution in [0, 0.1) is 0 Å². The third-order valence-corrected chi connectivity index (χ3v) is 7.03. The van der Waals surface area contributed by atoms with Crippen LogP contribution in [-0.2, 0) is 0 Å². The van der Waals surface area contributed by atoms with Crippen molar-refractivity contribution >= 4 is 29.0 Å². The molecular weight excluding hydrogens is 426 g/mol. The van der Waals surface area contributed by atoms with Crippen molar-refractivity contribution in [3.63, 3.8) is 0 Å². The number of carbonyl (C=O) groups is 2. The van der Waals surface area contributed by atoms with Crippen molar-refractivity contribution in [1.82, 2.24) is 14.9 Å². The molecule has 1 saturated carbocycles. The van der Waals surface area contributed by atoms with Crippen molar-refractivity contribution in [2.45, 2.75) is 64.0 Å². The number of nitrogens with zero attached hydrogens (tertiary/aromatic N) is 3. The standard InChI is InChI=1S/C21H24F2N4O3S/c1-11-5-4-8-27(11)20(28)16-17(31-19(26-16)21(29)30)14-10-24-15(9-13(14)18(22)23)25-12-6-2-3-7-12/h9-12,18H,2-8H2,1H3,(H,24,25)(H,29,30). The van der Waals surface area contributed by atoms with Gasteiger partial charge in [0.1, 0.15) is 11.5 Å². The first-order chi connectivity index (χ1) is 14.8. The number of carboxylic acid groups (broad SMARTS) is 1. The summed E-state index contributed by atoms with van der Waals surface area (Å²) in [5.41, 5.74) is -0.344. The molecule has 2 fully saturated rings. The summed E-state index contributed by atoms with van der Waals surface area (Å²) in [7, 11) is 0. The average molecular weight is 451 g/mol. The molecule has 1 saturated heterocycles. The van der Waals surface area contributed by atoms with E-state index >= 15 is 0 Å². The zero-order valence-corrected chi connectivity index (χ0v) is 17.9. The molecule has 0 bridgehead atoms. The molecule has 1 aliphatic carbocycles. The lowest BCUT2D eigenvalue weighted by atomic mass is 10.1. The van der Waals surface area contributed by atoms with Crippen LogP contribution in [0.2, 0.25) is 0 Å². The van der Waals surface area contributed by atoms with E-state index in [1.54, 1.807) is 4.90 Å². The van der Waals surface area contributed by atoms with E-state index in [0.717, 1.165) is 49.9 Å². The smallest absolute Gasteiger partial charge is 0.365 e. The second-order valence-electron chi connectivity index (χ2n) is 8.07. The van der Waals surface area contributed by atoms with Crippen molar-refractivity contribution in [1.29, 1.82) is 0 Å². The molecule has 2 aromatic heterocycles. The van der Waals surface area contributed by atoms with E-state index in [1.165, 1.54) is 12.3 Å². The van der Waals surface area contributed by atoms with Crippen molar-refractivity contribution in [2.24, 2.45) is 0 Å². The number of rotatable bonds is 6. The molecule has 4 rings (SSSR count). The second kappa shape index (κ2) is 8.86. The SMILES string of the molecule is CC1CCCN1C(=O)c1nc(C(=O)O)sc1-c1cnc(NC2CCCC2)cc1C(F)F. The average Bonchev–Trinajstić information content (AvgIpc) is 3.48. The second-order valence-corrected chi connectivity index (χ2v) is 9.07. The Kier molecular flexibility index (Phi) is 6.17. The van der Waals surface area contributed by atoms with Crippen molar-refractivity contribution in [3.8, 4) is 10.4 Å². The molecule has 1 aliphatic heterocycles. The highest BCUT2D eigenvalue weighted by atomic mass is 32.1. The van der Waals surface area contributed by atoms with E-state index < -0.39 is 18.3 Å². The summed E-state index contributed by atoms with van der Waals surface area (Å²) in [4.78, 5) is 34.7. The molecule has 0 aromatic carbocycles. The highest BCUT2D eigenvalue weighted by Crippen LogP contribution is 2.39. The van der Waals surface area contributed by atoms with Crippen LogP contribution in [0.3, 0.4) is 0 Å². The summed E-state index contributed by atoms with van der Waals surface area (Å²) >= 11 is 0.728. The van der Waals surface area contributed by atoms with Gasteiger partial charge >= 0.3 is 5.97 Å². The highest BCUT2D eigenvalue weighted by Gasteiger charge is 2.33. The molecule has 7 nitrogen and oxygen atoms in total. The molecule has 2 aromatic rings. The molecule has 0 spiro atoms. The maximum Gasteiger partial charge on any atom is 0.365 e. The van der Waals surface area contributed by atoms with Crippen LogP contribution in [0.25, 0.3) is 10.4 Å². The molecule has 10 heteroatoms. The first-order valence-corrected chi connectivity index (χ1v) is 11.3. The van der Waals surface area contributed by atoms with Gasteiger partial charge in [0.15, 0.2) is 0 Å². The molecule has 1 amide bonds. The number of hydrogen-bond acceptors (Lipinski definition) is 6. The van der Waals surface area contributed by atoms with Gasteiger partial charge in [0.2, 0.25) is 5.01 Å². The molecule has 3 heterocycles. The van der Waals surface area contributed by atoms with Gasteiger partial charge in [-0.3, -0.25) is 4.79 Å². The number of halogens is 2. The maximum absolute atomic E-state index is 14.0. The summed E-state index contributed by atoms with van der Waals surface area (Å²) in [6, 6.07) is 1.49. The summed E-state index contributed by atoms with van der Waals surface area (Å²) in [5, 5.41) is 12.3. The summed E-state index contributed by atoms with van der Waals surface area (Å²) in [6.07, 6.45) is 4.28. The highest BCUT2D eigenvalue weighted by molar-refractivity contribution is 7.17. The molecule has 31 heavy (non-hydrogen) atoms. The fraction of sp³-hybridized carbons (Fsp3) is 0.524. The Morgan fingerprint density at radius 1 is 1.26 bits per heavy atom. The predicted octanol–water partition coefficient (Wildman–Crippen LogP) is 4.82. The lowest BCUT2D eigenvalue weighted by Gasteiger charge is -2.21. The molecule has 0 radical (unpaired) electrons. The number of anilines is 1. The van der Waals surface area contributed by atoms with Gasteiger partial charge in [-0.25, -0.2) is 23.5 Å². The Labute approximate surface area is 182 Å². The lowest BCUT2D eigenvalue weighted by molar-refractivity contribution is 0.0696. The van der Waals surface area contributed by atoms with E-state index in [-0.39, 0.29) is 38.8 Å². The number of thiazole rings is 1. The Morgan fingerprint density at radius 3 is 2.61 bits per heavy atom. The number of carbonyl (C=O) groups excluding carboxylic acids is 1. The number of likely N-dealkylation sites (tertiary alicyclic amines) is 1. The van der Waals surface area contributed by atoms with E-state index in [2.05, 4.69) is 15.3 Å². The Morgan fingerprint density at radius 2 is 2.00 bits per heavy atom. The zero-order valence-electron chi connectivity index (χ0n) is 17.1. The monoisotopic (exact) mass is 450 g/mol. The van der Waals surface area contributed by atoms with Gasteiger partial charge in [0, 0.05) is 36.0 Å². The summed E-state index contributed by atoms with van der Waals surface area (Å²) < 4.78 is 28.0. The number of amides is 1. The van der Waals surface area contributed by atoms with Gasteiger partial charge in [-0.05, 0) is 38.7 Å². The number of nitrogens with one attached hydrogen (secondary N) is 1. The number of alkyl halides is 2. The van der Waals surface area contributed by atoms with Gasteiger partial charge in [-0.2, -0.15) is 0 Å². The van der Waals surface area contributed by atoms with Gasteiger partial charge in [-0.15, -0.1) is 11.3 Å². The fourth-order valence-corrected chi connectivity index (χ4v) is 5.24. The van der Waals surface area contributed by atoms with Crippen molar-refractivity contribution in [3.05, 3.63) is 28.5 Å². The Bertz CT molecular complexity index is 991. The predicted molar refractivity (Wildman–Crippen MR) is 113 cm³/mol. The topological polar surface area (TPSA) is 95.4 Å². The molecular formula is C21H24F2N4O3S. The minimum absolute atomic E-state index is 0.0130. The lowest BCUT2D eigenvalue weighted by Crippen LogP contribution is -2.34. The normalized spacial score (nSPS) is 19.4. The molecule has 166 valence electrons. The van der Waals surface area contributed by atoms with Crippen LogP contribution >= 0.6 is 11.3 Å². The van der Waals surface area contributed by atoms with Crippen LogP contribution in [0.5, 0.6) is 0 Å². The van der Waals surface area contributed by atoms with E-state index in [1.807, 2.05) is 6.92 Å². The van der Waals surface area contributed by atoms with E-state index in [9.17, 15) is 23.5 Å². The molecule has 2 N–H and O–H groups in total. The number of aromatic carboxylic acids is 1. The molecule has 2 aliphatic rings. The maximum atomic E-state index is 14.0. The first kappa shape index (κ1) is 21.6. The number of pyridine rings is 1. The van der Waals surface area contributed by atoms with E-state index in [4.69, 9.17) is 0 Å². The third-order valence-electron chi connectivity index (χ3n) is 5.95. The van der Waals surface area contributed by atoms with Crippen LogP contribution in [-0.4, -0.2) is 50.5 Å². The van der Waals surface area contributed by atoms with Crippen molar-refractivity contribution < 1.29 is 23.5 Å². The fourth-order valence-electron chi connectivity index (χ4n) is 4.31. The molecule has 1 atom stereocenters. The van der Waals surface area contributed by atoms with E-state index in [0.29, 0.717) is 12.4 Å². The van der Waals surface area contributed by atoms with Crippen LogP contribution in [0.4, 0.5) is 14.6 Å². The van der Waals surface area contributed by atoms with Gasteiger partial charge in [0.05, 0.1) is 4.88 Å². The van der Waals surface area contributed by atoms with Gasteiger partial charge < -0.3 is 15.3 Å². The quantitative estimate of drug-likeness (QED) is 0.655. The van der Waals surface area contributed by atoms with Crippen LogP contribution < -0.4 is 5.32 Å². The summed E-state index contributed by atoms with van der Waals surface area (Å²) in [5.74, 6) is -1.38. The summed E-state index contributed by atoms with van der Waals surface area (Å²) in [6.45, 7) is 2.44. The Balaban J connectivity index is 1.75.